The van der Waals surface area contributed by atoms with Crippen LogP contribution in [0.5, 0.6) is 0 Å². The molecule has 1 atom stereocenters. The second-order valence-corrected chi connectivity index (χ2v) is 7.66. The normalized spacial score (nSPS) is 20.1. The van der Waals surface area contributed by atoms with E-state index in [-0.39, 0.29) is 5.91 Å². The summed E-state index contributed by atoms with van der Waals surface area (Å²) in [6, 6.07) is 13.2. The van der Waals surface area contributed by atoms with Crippen LogP contribution in [-0.2, 0) is 6.42 Å². The van der Waals surface area contributed by atoms with Crippen LogP contribution in [0.2, 0.25) is 0 Å². The molecule has 0 radical (unpaired) electrons. The van der Waals surface area contributed by atoms with E-state index in [1.807, 2.05) is 24.1 Å². The van der Waals surface area contributed by atoms with E-state index in [0.29, 0.717) is 17.6 Å². The van der Waals surface area contributed by atoms with Crippen molar-refractivity contribution >= 4 is 17.4 Å². The van der Waals surface area contributed by atoms with Gasteiger partial charge in [0.25, 0.3) is 5.91 Å². The Hall–Kier alpha value is -2.36. The quantitative estimate of drug-likeness (QED) is 0.814. The molecule has 1 amide bonds. The van der Waals surface area contributed by atoms with Crippen molar-refractivity contribution < 1.29 is 4.79 Å². The third-order valence-electron chi connectivity index (χ3n) is 5.89. The lowest BCUT2D eigenvalue weighted by Crippen LogP contribution is -2.38. The second-order valence-electron chi connectivity index (χ2n) is 7.66. The lowest BCUT2D eigenvalue weighted by molar-refractivity contribution is 0.0696. The summed E-state index contributed by atoms with van der Waals surface area (Å²) >= 11 is 0. The molecule has 1 unspecified atom stereocenters. The van der Waals surface area contributed by atoms with Gasteiger partial charge in [-0.15, -0.1) is 0 Å². The van der Waals surface area contributed by atoms with E-state index in [2.05, 4.69) is 41.1 Å². The summed E-state index contributed by atoms with van der Waals surface area (Å²) in [4.78, 5) is 21.6. The SMILES string of the molecule is CC1Cc2ccccc2N1c1ccc(C(=O)N(C)C2CCCCC2)cn1. The van der Waals surface area contributed by atoms with Crippen LogP contribution in [0.3, 0.4) is 0 Å². The number of nitrogens with zero attached hydrogens (tertiary/aromatic N) is 3. The fourth-order valence-electron chi connectivity index (χ4n) is 4.41. The van der Waals surface area contributed by atoms with Crippen LogP contribution >= 0.6 is 0 Å². The zero-order valence-corrected chi connectivity index (χ0v) is 15.7. The zero-order chi connectivity index (χ0) is 18.1. The average molecular weight is 349 g/mol. The van der Waals surface area contributed by atoms with Crippen LogP contribution in [0.1, 0.15) is 54.9 Å². The monoisotopic (exact) mass is 349 g/mol. The van der Waals surface area contributed by atoms with Crippen LogP contribution in [-0.4, -0.2) is 34.9 Å². The standard InChI is InChI=1S/C22H27N3O/c1-16-14-17-8-6-7-11-20(17)25(16)21-13-12-18(15-23-21)22(26)24(2)19-9-4-3-5-10-19/h6-8,11-13,15-16,19H,3-5,9-10,14H2,1-2H3. The fraction of sp³-hybridized carbons (Fsp3) is 0.455. The molecule has 0 bridgehead atoms. The van der Waals surface area contributed by atoms with E-state index < -0.39 is 0 Å². The molecule has 2 heterocycles. The first-order valence-electron chi connectivity index (χ1n) is 9.75. The van der Waals surface area contributed by atoms with Crippen molar-refractivity contribution in [1.29, 1.82) is 0 Å². The van der Waals surface area contributed by atoms with E-state index in [0.717, 1.165) is 25.1 Å². The first-order chi connectivity index (χ1) is 12.6. The van der Waals surface area contributed by atoms with E-state index >= 15 is 0 Å². The number of hydrogen-bond acceptors (Lipinski definition) is 3. The Balaban J connectivity index is 1.53. The minimum atomic E-state index is 0.0887. The highest BCUT2D eigenvalue weighted by molar-refractivity contribution is 5.94. The largest absolute Gasteiger partial charge is 0.339 e. The predicted octanol–water partition coefficient (Wildman–Crippen LogP) is 4.57. The summed E-state index contributed by atoms with van der Waals surface area (Å²) in [5, 5.41) is 0. The number of para-hydroxylation sites is 1. The van der Waals surface area contributed by atoms with E-state index in [1.165, 1.54) is 30.5 Å². The van der Waals surface area contributed by atoms with Gasteiger partial charge in [0.1, 0.15) is 5.82 Å². The van der Waals surface area contributed by atoms with Gasteiger partial charge in [0.15, 0.2) is 0 Å². The molecule has 2 aromatic rings. The number of amides is 1. The van der Waals surface area contributed by atoms with Gasteiger partial charge in [-0.2, -0.15) is 0 Å². The average Bonchev–Trinajstić information content (AvgIpc) is 3.03. The Morgan fingerprint density at radius 1 is 1.12 bits per heavy atom. The molecule has 1 fully saturated rings. The summed E-state index contributed by atoms with van der Waals surface area (Å²) < 4.78 is 0. The lowest BCUT2D eigenvalue weighted by atomic mass is 9.94. The lowest BCUT2D eigenvalue weighted by Gasteiger charge is -2.31. The predicted molar refractivity (Wildman–Crippen MR) is 105 cm³/mol. The fourth-order valence-corrected chi connectivity index (χ4v) is 4.41. The molecule has 4 rings (SSSR count). The van der Waals surface area contributed by atoms with Crippen LogP contribution in [0.25, 0.3) is 0 Å². The van der Waals surface area contributed by atoms with Crippen molar-refractivity contribution in [2.24, 2.45) is 0 Å². The molecule has 0 N–H and O–H groups in total. The third kappa shape index (κ3) is 3.09. The number of rotatable bonds is 3. The molecule has 0 spiro atoms. The second kappa shape index (κ2) is 7.10. The first kappa shape index (κ1) is 17.1. The minimum absolute atomic E-state index is 0.0887. The molecule has 1 aromatic heterocycles. The number of aromatic nitrogens is 1. The highest BCUT2D eigenvalue weighted by atomic mass is 16.2. The molecule has 0 saturated heterocycles. The topological polar surface area (TPSA) is 36.4 Å². The summed E-state index contributed by atoms with van der Waals surface area (Å²) in [7, 11) is 1.94. The zero-order valence-electron chi connectivity index (χ0n) is 15.7. The van der Waals surface area contributed by atoms with Crippen molar-refractivity contribution in [3.63, 3.8) is 0 Å². The summed E-state index contributed by atoms with van der Waals surface area (Å²) in [6.07, 6.45) is 8.76. The summed E-state index contributed by atoms with van der Waals surface area (Å²) in [6.45, 7) is 2.22. The maximum Gasteiger partial charge on any atom is 0.255 e. The molecule has 1 aromatic carbocycles. The molecule has 1 saturated carbocycles. The summed E-state index contributed by atoms with van der Waals surface area (Å²) in [5.74, 6) is 1.00. The van der Waals surface area contributed by atoms with E-state index in [9.17, 15) is 4.79 Å². The van der Waals surface area contributed by atoms with E-state index in [1.54, 1.807) is 6.20 Å². The molecule has 2 aliphatic rings. The summed E-state index contributed by atoms with van der Waals surface area (Å²) in [5.41, 5.74) is 3.27. The number of pyridine rings is 1. The molecular weight excluding hydrogens is 322 g/mol. The Bertz CT molecular complexity index is 780. The van der Waals surface area contributed by atoms with Gasteiger partial charge in [0, 0.05) is 31.0 Å². The van der Waals surface area contributed by atoms with Crippen LogP contribution in [0.15, 0.2) is 42.6 Å². The van der Waals surface area contributed by atoms with Crippen molar-refractivity contribution in [3.05, 3.63) is 53.7 Å². The molecule has 136 valence electrons. The molecular formula is C22H27N3O. The molecule has 4 nitrogen and oxygen atoms in total. The van der Waals surface area contributed by atoms with Gasteiger partial charge in [-0.1, -0.05) is 37.5 Å². The highest BCUT2D eigenvalue weighted by Crippen LogP contribution is 2.37. The maximum absolute atomic E-state index is 12.8. The van der Waals surface area contributed by atoms with Crippen molar-refractivity contribution in [3.8, 4) is 0 Å². The number of carbonyl (C=O) groups is 1. The minimum Gasteiger partial charge on any atom is -0.339 e. The molecule has 1 aliphatic heterocycles. The van der Waals surface area contributed by atoms with Gasteiger partial charge in [-0.25, -0.2) is 4.98 Å². The Morgan fingerprint density at radius 3 is 2.62 bits per heavy atom. The number of benzene rings is 1. The molecule has 4 heteroatoms. The van der Waals surface area contributed by atoms with Gasteiger partial charge >= 0.3 is 0 Å². The van der Waals surface area contributed by atoms with Crippen LogP contribution in [0, 0.1) is 0 Å². The van der Waals surface area contributed by atoms with Gasteiger partial charge in [-0.05, 0) is 49.9 Å². The number of carbonyl (C=O) groups excluding carboxylic acids is 1. The van der Waals surface area contributed by atoms with Gasteiger partial charge in [0.2, 0.25) is 0 Å². The number of anilines is 2. The Labute approximate surface area is 155 Å². The first-order valence-corrected chi connectivity index (χ1v) is 9.75. The van der Waals surface area contributed by atoms with Crippen LogP contribution in [0.4, 0.5) is 11.5 Å². The van der Waals surface area contributed by atoms with Crippen LogP contribution < -0.4 is 4.90 Å². The highest BCUT2D eigenvalue weighted by Gasteiger charge is 2.28. The Morgan fingerprint density at radius 2 is 1.88 bits per heavy atom. The van der Waals surface area contributed by atoms with Gasteiger partial charge < -0.3 is 9.80 Å². The van der Waals surface area contributed by atoms with Crippen molar-refractivity contribution in [2.45, 2.75) is 57.5 Å². The molecule has 1 aliphatic carbocycles. The Kier molecular flexibility index (Phi) is 4.66. The smallest absolute Gasteiger partial charge is 0.255 e. The van der Waals surface area contributed by atoms with Gasteiger partial charge in [-0.3, -0.25) is 4.79 Å². The van der Waals surface area contributed by atoms with E-state index in [4.69, 9.17) is 0 Å². The maximum atomic E-state index is 12.8. The van der Waals surface area contributed by atoms with Crippen molar-refractivity contribution in [1.82, 2.24) is 9.88 Å². The van der Waals surface area contributed by atoms with Gasteiger partial charge in [0.05, 0.1) is 5.56 Å². The molecule has 26 heavy (non-hydrogen) atoms. The van der Waals surface area contributed by atoms with Crippen molar-refractivity contribution in [2.75, 3.05) is 11.9 Å². The third-order valence-corrected chi connectivity index (χ3v) is 5.89. The number of fused-ring (bicyclic) bond motifs is 1. The number of hydrogen-bond donors (Lipinski definition) is 0.